The van der Waals surface area contributed by atoms with E-state index in [0.29, 0.717) is 32.0 Å². The number of piperidine rings is 1. The van der Waals surface area contributed by atoms with E-state index < -0.39 is 5.60 Å². The molecule has 1 fully saturated rings. The van der Waals surface area contributed by atoms with E-state index in [0.717, 1.165) is 29.9 Å². The van der Waals surface area contributed by atoms with Crippen molar-refractivity contribution in [1.82, 2.24) is 15.0 Å². The number of rotatable bonds is 4. The first-order chi connectivity index (χ1) is 12.1. The summed E-state index contributed by atoms with van der Waals surface area (Å²) in [5.41, 5.74) is 1.32. The smallest absolute Gasteiger partial charge is 0.410 e. The van der Waals surface area contributed by atoms with Crippen molar-refractivity contribution in [3.8, 4) is 0 Å². The van der Waals surface area contributed by atoms with Crippen molar-refractivity contribution in [1.29, 1.82) is 0 Å². The number of aromatic nitrogens is 1. The fourth-order valence-electron chi connectivity index (χ4n) is 3.10. The van der Waals surface area contributed by atoms with Crippen LogP contribution in [0.2, 0.25) is 0 Å². The Hall–Kier alpha value is -2.05. The van der Waals surface area contributed by atoms with Crippen LogP contribution in [0.25, 0.3) is 0 Å². The maximum atomic E-state index is 12.5. The minimum absolute atomic E-state index is 0.112. The predicted octanol–water partition coefficient (Wildman–Crippen LogP) is 3.29. The highest BCUT2D eigenvalue weighted by atomic mass is 16.6. The van der Waals surface area contributed by atoms with Crippen molar-refractivity contribution in [3.63, 3.8) is 0 Å². The molecule has 2 heterocycles. The number of carbonyl (C=O) groups is 2. The second kappa shape index (κ2) is 8.10. The number of amides is 2. The first-order valence-electron chi connectivity index (χ1n) is 9.20. The summed E-state index contributed by atoms with van der Waals surface area (Å²) < 4.78 is 10.6. The summed E-state index contributed by atoms with van der Waals surface area (Å²) in [5, 5.41) is 3.93. The van der Waals surface area contributed by atoms with E-state index in [9.17, 15) is 9.59 Å². The van der Waals surface area contributed by atoms with Crippen LogP contribution >= 0.6 is 0 Å². The lowest BCUT2D eigenvalue weighted by atomic mass is 9.93. The van der Waals surface area contributed by atoms with Crippen LogP contribution in [0.1, 0.15) is 57.1 Å². The monoisotopic (exact) mass is 365 g/mol. The minimum Gasteiger partial charge on any atom is -0.444 e. The third-order valence-electron chi connectivity index (χ3n) is 4.73. The van der Waals surface area contributed by atoms with Crippen LogP contribution in [-0.4, -0.2) is 52.7 Å². The summed E-state index contributed by atoms with van der Waals surface area (Å²) >= 11 is 0. The summed E-state index contributed by atoms with van der Waals surface area (Å²) in [6, 6.07) is 0. The molecule has 1 aromatic rings. The highest BCUT2D eigenvalue weighted by Crippen LogP contribution is 2.23. The topological polar surface area (TPSA) is 75.9 Å². The molecular formula is C19H31N3O4. The molecule has 7 heteroatoms. The number of carbonyl (C=O) groups excluding carboxylic acids is 2. The summed E-state index contributed by atoms with van der Waals surface area (Å²) in [6.45, 7) is 11.1. The zero-order valence-corrected chi connectivity index (χ0v) is 16.8. The molecule has 26 heavy (non-hydrogen) atoms. The largest absolute Gasteiger partial charge is 0.444 e. The molecule has 0 unspecified atom stereocenters. The van der Waals surface area contributed by atoms with Gasteiger partial charge in [-0.2, -0.15) is 0 Å². The number of nitrogens with zero attached hydrogens (tertiary/aromatic N) is 3. The molecular weight excluding hydrogens is 334 g/mol. The van der Waals surface area contributed by atoms with Gasteiger partial charge in [-0.3, -0.25) is 4.79 Å². The number of hydrogen-bond acceptors (Lipinski definition) is 5. The van der Waals surface area contributed by atoms with E-state index in [2.05, 4.69) is 5.16 Å². The molecule has 0 atom stereocenters. The lowest BCUT2D eigenvalue weighted by Gasteiger charge is -2.33. The Kier molecular flexibility index (Phi) is 6.31. The predicted molar refractivity (Wildman–Crippen MR) is 97.6 cm³/mol. The lowest BCUT2D eigenvalue weighted by Crippen LogP contribution is -2.42. The molecule has 0 aliphatic carbocycles. The van der Waals surface area contributed by atoms with Crippen LogP contribution < -0.4 is 0 Å². The molecule has 0 spiro atoms. The third kappa shape index (κ3) is 5.47. The van der Waals surface area contributed by atoms with Crippen LogP contribution in [0.5, 0.6) is 0 Å². The standard InChI is InChI=1S/C19H31N3O4/c1-13-16(14(2)26-20-13)12-21(6)17(23)11-15-7-9-22(10-8-15)18(24)25-19(3,4)5/h15H,7-12H2,1-6H3. The molecule has 146 valence electrons. The van der Waals surface area contributed by atoms with E-state index in [1.807, 2.05) is 41.7 Å². The molecule has 1 aliphatic rings. The molecule has 0 aromatic carbocycles. The van der Waals surface area contributed by atoms with E-state index in [4.69, 9.17) is 9.26 Å². The van der Waals surface area contributed by atoms with Crippen molar-refractivity contribution >= 4 is 12.0 Å². The Morgan fingerprint density at radius 3 is 2.38 bits per heavy atom. The van der Waals surface area contributed by atoms with Gasteiger partial charge in [0.15, 0.2) is 0 Å². The van der Waals surface area contributed by atoms with Gasteiger partial charge in [-0.15, -0.1) is 0 Å². The van der Waals surface area contributed by atoms with Crippen molar-refractivity contribution < 1.29 is 18.8 Å². The molecule has 7 nitrogen and oxygen atoms in total. The number of likely N-dealkylation sites (tertiary alicyclic amines) is 1. The number of hydrogen-bond donors (Lipinski definition) is 0. The van der Waals surface area contributed by atoms with E-state index in [-0.39, 0.29) is 12.0 Å². The first kappa shape index (κ1) is 20.3. The van der Waals surface area contributed by atoms with E-state index in [1.54, 1.807) is 9.80 Å². The van der Waals surface area contributed by atoms with Crippen LogP contribution in [0.3, 0.4) is 0 Å². The van der Waals surface area contributed by atoms with Gasteiger partial charge in [0.1, 0.15) is 11.4 Å². The Labute approximate surface area is 155 Å². The highest BCUT2D eigenvalue weighted by molar-refractivity contribution is 5.76. The lowest BCUT2D eigenvalue weighted by molar-refractivity contribution is -0.131. The number of aryl methyl sites for hydroxylation is 2. The van der Waals surface area contributed by atoms with Gasteiger partial charge in [0.25, 0.3) is 0 Å². The van der Waals surface area contributed by atoms with Crippen molar-refractivity contribution in [2.75, 3.05) is 20.1 Å². The molecule has 1 aromatic heterocycles. The molecule has 0 saturated carbocycles. The van der Waals surface area contributed by atoms with Crippen molar-refractivity contribution in [3.05, 3.63) is 17.0 Å². The Morgan fingerprint density at radius 1 is 1.27 bits per heavy atom. The average molecular weight is 365 g/mol. The fraction of sp³-hybridized carbons (Fsp3) is 0.737. The Morgan fingerprint density at radius 2 is 1.88 bits per heavy atom. The minimum atomic E-state index is -0.481. The second-order valence-electron chi connectivity index (χ2n) is 8.17. The second-order valence-corrected chi connectivity index (χ2v) is 8.17. The first-order valence-corrected chi connectivity index (χ1v) is 9.20. The molecule has 2 amide bonds. The maximum Gasteiger partial charge on any atom is 0.410 e. The fourth-order valence-corrected chi connectivity index (χ4v) is 3.10. The van der Waals surface area contributed by atoms with Gasteiger partial charge in [-0.25, -0.2) is 4.79 Å². The molecule has 0 N–H and O–H groups in total. The van der Waals surface area contributed by atoms with E-state index >= 15 is 0 Å². The molecule has 0 bridgehead atoms. The van der Waals surface area contributed by atoms with Gasteiger partial charge in [0.05, 0.1) is 12.2 Å². The van der Waals surface area contributed by atoms with Crippen LogP contribution in [0.15, 0.2) is 4.52 Å². The van der Waals surface area contributed by atoms with Gasteiger partial charge in [0, 0.05) is 32.1 Å². The van der Waals surface area contributed by atoms with Gasteiger partial charge >= 0.3 is 6.09 Å². The van der Waals surface area contributed by atoms with Gasteiger partial charge < -0.3 is 19.1 Å². The van der Waals surface area contributed by atoms with Crippen LogP contribution in [-0.2, 0) is 16.1 Å². The summed E-state index contributed by atoms with van der Waals surface area (Å²) in [5.74, 6) is 1.17. The molecule has 2 rings (SSSR count). The highest BCUT2D eigenvalue weighted by Gasteiger charge is 2.28. The van der Waals surface area contributed by atoms with Gasteiger partial charge in [-0.05, 0) is 53.4 Å². The zero-order valence-electron chi connectivity index (χ0n) is 16.8. The maximum absolute atomic E-state index is 12.5. The van der Waals surface area contributed by atoms with Crippen LogP contribution in [0, 0.1) is 19.8 Å². The molecule has 0 radical (unpaired) electrons. The molecule has 1 saturated heterocycles. The van der Waals surface area contributed by atoms with Crippen molar-refractivity contribution in [2.24, 2.45) is 5.92 Å². The van der Waals surface area contributed by atoms with Crippen molar-refractivity contribution in [2.45, 2.75) is 66.0 Å². The zero-order chi connectivity index (χ0) is 19.5. The number of ether oxygens (including phenoxy) is 1. The van der Waals surface area contributed by atoms with Gasteiger partial charge in [-0.1, -0.05) is 5.16 Å². The quantitative estimate of drug-likeness (QED) is 0.818. The average Bonchev–Trinajstić information content (AvgIpc) is 2.85. The summed E-state index contributed by atoms with van der Waals surface area (Å²) in [4.78, 5) is 28.1. The van der Waals surface area contributed by atoms with E-state index in [1.165, 1.54) is 0 Å². The Balaban J connectivity index is 1.79. The summed E-state index contributed by atoms with van der Waals surface area (Å²) in [7, 11) is 1.81. The van der Waals surface area contributed by atoms with Gasteiger partial charge in [0.2, 0.25) is 5.91 Å². The molecule has 1 aliphatic heterocycles. The van der Waals surface area contributed by atoms with Crippen LogP contribution in [0.4, 0.5) is 4.79 Å². The third-order valence-corrected chi connectivity index (χ3v) is 4.73. The Bertz CT molecular complexity index is 620. The SMILES string of the molecule is Cc1noc(C)c1CN(C)C(=O)CC1CCN(C(=O)OC(C)(C)C)CC1. The normalized spacial score (nSPS) is 15.8. The summed E-state index contributed by atoms with van der Waals surface area (Å²) in [6.07, 6.45) is 1.88.